The summed E-state index contributed by atoms with van der Waals surface area (Å²) in [6.45, 7) is 0. The molecule has 0 saturated heterocycles. The molecule has 1 atom stereocenters. The summed E-state index contributed by atoms with van der Waals surface area (Å²) in [6.07, 6.45) is 4.08. The molecule has 2 rings (SSSR count). The van der Waals surface area contributed by atoms with Gasteiger partial charge in [-0.15, -0.1) is 0 Å². The van der Waals surface area contributed by atoms with Crippen LogP contribution in [-0.4, -0.2) is 25.1 Å². The van der Waals surface area contributed by atoms with E-state index < -0.39 is 5.92 Å². The summed E-state index contributed by atoms with van der Waals surface area (Å²) in [6, 6.07) is 0. The lowest BCUT2D eigenvalue weighted by atomic mass is 9.96. The lowest BCUT2D eigenvalue weighted by Crippen LogP contribution is -2.35. The van der Waals surface area contributed by atoms with Crippen LogP contribution in [0.15, 0.2) is 28.6 Å². The Labute approximate surface area is 80.1 Å². The Morgan fingerprint density at radius 2 is 2.29 bits per heavy atom. The minimum Gasteiger partial charge on any atom is -0.493 e. The maximum Gasteiger partial charge on any atom is 0.238 e. The van der Waals surface area contributed by atoms with E-state index in [1.54, 1.807) is 0 Å². The molecule has 0 aromatic rings. The number of methoxy groups -OCH3 is 1. The molecule has 0 aromatic heterocycles. The smallest absolute Gasteiger partial charge is 0.238 e. The van der Waals surface area contributed by atoms with Crippen molar-refractivity contribution in [1.29, 1.82) is 0 Å². The Kier molecular flexibility index (Phi) is 1.92. The molecule has 1 unspecified atom stereocenters. The fourth-order valence-corrected chi connectivity index (χ4v) is 1.37. The predicted octanol–water partition coefficient (Wildman–Crippen LogP) is -0.242. The van der Waals surface area contributed by atoms with Crippen molar-refractivity contribution in [3.8, 4) is 0 Å². The summed E-state index contributed by atoms with van der Waals surface area (Å²) in [5.41, 5.74) is 0.458. The molecule has 5 heteroatoms. The van der Waals surface area contributed by atoms with Crippen LogP contribution in [0.2, 0.25) is 0 Å². The number of aliphatic imine (C=N–C) groups is 1. The second-order valence-electron chi connectivity index (χ2n) is 2.91. The van der Waals surface area contributed by atoms with Crippen LogP contribution in [0, 0.1) is 5.92 Å². The van der Waals surface area contributed by atoms with Crippen LogP contribution in [-0.2, 0) is 14.3 Å². The van der Waals surface area contributed by atoms with Gasteiger partial charge in [0.2, 0.25) is 11.7 Å². The van der Waals surface area contributed by atoms with E-state index in [2.05, 4.69) is 10.3 Å². The van der Waals surface area contributed by atoms with Gasteiger partial charge in [0.05, 0.1) is 19.1 Å². The molecule has 1 N–H and O–H groups in total. The summed E-state index contributed by atoms with van der Waals surface area (Å²) in [5, 5.41) is 2.46. The second kappa shape index (κ2) is 3.10. The van der Waals surface area contributed by atoms with Gasteiger partial charge in [0.25, 0.3) is 0 Å². The lowest BCUT2D eigenvalue weighted by molar-refractivity contribution is -0.121. The minimum atomic E-state index is -0.507. The Morgan fingerprint density at radius 3 is 3.00 bits per heavy atom. The van der Waals surface area contributed by atoms with Gasteiger partial charge in [-0.1, -0.05) is 0 Å². The van der Waals surface area contributed by atoms with Crippen molar-refractivity contribution < 1.29 is 14.3 Å². The lowest BCUT2D eigenvalue weighted by Gasteiger charge is -2.20. The molecule has 1 heterocycles. The van der Waals surface area contributed by atoms with Crippen molar-refractivity contribution >= 4 is 18.0 Å². The van der Waals surface area contributed by atoms with Gasteiger partial charge in [0.15, 0.2) is 5.76 Å². The highest BCUT2D eigenvalue weighted by Gasteiger charge is 2.29. The van der Waals surface area contributed by atoms with E-state index in [0.29, 0.717) is 5.70 Å². The molecule has 0 spiro atoms. The van der Waals surface area contributed by atoms with Crippen molar-refractivity contribution in [2.24, 2.45) is 10.9 Å². The second-order valence-corrected chi connectivity index (χ2v) is 2.91. The predicted molar refractivity (Wildman–Crippen MR) is 48.3 cm³/mol. The molecule has 0 aromatic carbocycles. The third-order valence-electron chi connectivity index (χ3n) is 2.08. The summed E-state index contributed by atoms with van der Waals surface area (Å²) < 4.78 is 4.84. The third-order valence-corrected chi connectivity index (χ3v) is 2.08. The number of carbonyl (C=O) groups is 2. The first-order chi connectivity index (χ1) is 6.72. The molecule has 1 amide bonds. The number of carbonyl (C=O) groups excluding carboxylic acids is 2. The van der Waals surface area contributed by atoms with E-state index in [-0.39, 0.29) is 17.4 Å². The Balaban J connectivity index is 2.41. The Hall–Kier alpha value is -1.91. The van der Waals surface area contributed by atoms with Gasteiger partial charge in [-0.2, -0.15) is 0 Å². The van der Waals surface area contributed by atoms with Crippen LogP contribution in [0.4, 0.5) is 0 Å². The van der Waals surface area contributed by atoms with Crippen LogP contribution < -0.4 is 5.32 Å². The van der Waals surface area contributed by atoms with Gasteiger partial charge in [0.1, 0.15) is 5.92 Å². The zero-order valence-electron chi connectivity index (χ0n) is 7.48. The number of hydrogen-bond donors (Lipinski definition) is 1. The van der Waals surface area contributed by atoms with E-state index >= 15 is 0 Å². The summed E-state index contributed by atoms with van der Waals surface area (Å²) in [5.74, 6) is -0.780. The number of amides is 1. The van der Waals surface area contributed by atoms with Gasteiger partial charge in [0, 0.05) is 6.08 Å². The highest BCUT2D eigenvalue weighted by atomic mass is 16.5. The fourth-order valence-electron chi connectivity index (χ4n) is 1.37. The normalized spacial score (nSPS) is 24.8. The molecular weight excluding hydrogens is 184 g/mol. The van der Waals surface area contributed by atoms with Crippen molar-refractivity contribution in [2.45, 2.75) is 0 Å². The van der Waals surface area contributed by atoms with Crippen molar-refractivity contribution in [3.05, 3.63) is 23.6 Å². The van der Waals surface area contributed by atoms with Crippen molar-refractivity contribution in [1.82, 2.24) is 5.32 Å². The van der Waals surface area contributed by atoms with Gasteiger partial charge in [-0.3, -0.25) is 9.59 Å². The summed E-state index contributed by atoms with van der Waals surface area (Å²) in [4.78, 5) is 26.6. The monoisotopic (exact) mass is 192 g/mol. The number of ketones is 1. The molecule has 5 nitrogen and oxygen atoms in total. The summed E-state index contributed by atoms with van der Waals surface area (Å²) in [7, 11) is 1.40. The average molecular weight is 192 g/mol. The first-order valence-corrected chi connectivity index (χ1v) is 4.07. The van der Waals surface area contributed by atoms with E-state index in [9.17, 15) is 9.59 Å². The zero-order chi connectivity index (χ0) is 10.1. The average Bonchev–Trinajstić information content (AvgIpc) is 2.17. The molecule has 1 aliphatic carbocycles. The quantitative estimate of drug-likeness (QED) is 0.623. The van der Waals surface area contributed by atoms with Crippen LogP contribution in [0.1, 0.15) is 0 Å². The highest BCUT2D eigenvalue weighted by molar-refractivity contribution is 6.07. The fraction of sp³-hybridized carbons (Fsp3) is 0.222. The number of hydrogen-bond acceptors (Lipinski definition) is 4. The first-order valence-electron chi connectivity index (χ1n) is 4.07. The van der Waals surface area contributed by atoms with E-state index in [1.807, 2.05) is 0 Å². The number of ether oxygens (including phenoxy) is 1. The molecule has 14 heavy (non-hydrogen) atoms. The molecule has 0 fully saturated rings. The molecule has 2 aliphatic rings. The Morgan fingerprint density at radius 1 is 1.50 bits per heavy atom. The van der Waals surface area contributed by atoms with Crippen LogP contribution in [0.3, 0.4) is 0 Å². The summed E-state index contributed by atoms with van der Waals surface area (Å²) >= 11 is 0. The molecule has 0 bridgehead atoms. The Bertz CT molecular complexity index is 393. The number of fused-ring (bicyclic) bond motifs is 1. The van der Waals surface area contributed by atoms with E-state index in [0.717, 1.165) is 0 Å². The van der Waals surface area contributed by atoms with Gasteiger partial charge >= 0.3 is 0 Å². The number of nitrogens with one attached hydrogen (secondary N) is 1. The molecule has 1 aliphatic heterocycles. The minimum absolute atomic E-state index is 0.186. The maximum absolute atomic E-state index is 11.3. The van der Waals surface area contributed by atoms with Crippen LogP contribution in [0.25, 0.3) is 0 Å². The number of nitrogens with zero attached hydrogens (tertiary/aromatic N) is 1. The number of rotatable bonds is 1. The largest absolute Gasteiger partial charge is 0.493 e. The first kappa shape index (κ1) is 8.68. The standard InChI is InChI=1S/C9H8N2O3/c1-14-8-2-5-6(3-7(8)12)10-4-11-9(5)13/h2-5H,1H3,(H,10,11,13). The topological polar surface area (TPSA) is 67.8 Å². The van der Waals surface area contributed by atoms with E-state index in [1.165, 1.54) is 25.6 Å². The molecule has 0 saturated carbocycles. The van der Waals surface area contributed by atoms with Gasteiger partial charge in [-0.25, -0.2) is 4.99 Å². The number of allylic oxidation sites excluding steroid dienone is 1. The molecule has 72 valence electrons. The van der Waals surface area contributed by atoms with E-state index in [4.69, 9.17) is 4.74 Å². The van der Waals surface area contributed by atoms with Gasteiger partial charge in [-0.05, 0) is 6.08 Å². The zero-order valence-corrected chi connectivity index (χ0v) is 7.48. The van der Waals surface area contributed by atoms with Crippen molar-refractivity contribution in [2.75, 3.05) is 7.11 Å². The SMILES string of the molecule is COC1=CC2C(=O)NC=NC2=CC1=O. The molecule has 0 radical (unpaired) electrons. The van der Waals surface area contributed by atoms with Crippen molar-refractivity contribution in [3.63, 3.8) is 0 Å². The van der Waals surface area contributed by atoms with Crippen LogP contribution >= 0.6 is 0 Å². The van der Waals surface area contributed by atoms with Gasteiger partial charge < -0.3 is 10.1 Å². The van der Waals surface area contributed by atoms with Crippen LogP contribution in [0.5, 0.6) is 0 Å². The third kappa shape index (κ3) is 1.22. The molecular formula is C9H8N2O3. The maximum atomic E-state index is 11.3. The highest BCUT2D eigenvalue weighted by Crippen LogP contribution is 2.24.